The van der Waals surface area contributed by atoms with E-state index in [0.717, 1.165) is 13.0 Å². The minimum Gasteiger partial charge on any atom is -0.366 e. The molecule has 0 saturated heterocycles. The fourth-order valence-electron chi connectivity index (χ4n) is 3.23. The predicted octanol–water partition coefficient (Wildman–Crippen LogP) is 2.97. The van der Waals surface area contributed by atoms with E-state index in [1.54, 1.807) is 0 Å². The van der Waals surface area contributed by atoms with Gasteiger partial charge < -0.3 is 15.5 Å². The largest absolute Gasteiger partial charge is 0.366 e. The standard InChI is InChI=1S/C20H22FN3O2/c1-13(24-10-9-15-5-3-4-6-19(15)24)12-22-20(26)16-7-8-17(21)18(11-16)23-14(2)25/h3-8,11,13H,9-10,12H2,1-2H3,(H,22,26)(H,23,25). The minimum absolute atomic E-state index is 0.00617. The molecule has 1 heterocycles. The molecule has 0 spiro atoms. The van der Waals surface area contributed by atoms with Crippen LogP contribution in [0.4, 0.5) is 15.8 Å². The van der Waals surface area contributed by atoms with Crippen LogP contribution >= 0.6 is 0 Å². The molecular formula is C20H22FN3O2. The normalized spacial score (nSPS) is 13.9. The molecule has 1 aliphatic rings. The minimum atomic E-state index is -0.571. The lowest BCUT2D eigenvalue weighted by molar-refractivity contribution is -0.114. The van der Waals surface area contributed by atoms with Crippen LogP contribution in [-0.4, -0.2) is 30.9 Å². The van der Waals surface area contributed by atoms with E-state index in [1.165, 1.54) is 36.4 Å². The van der Waals surface area contributed by atoms with Crippen LogP contribution in [0.15, 0.2) is 42.5 Å². The van der Waals surface area contributed by atoms with Crippen molar-refractivity contribution in [3.8, 4) is 0 Å². The fraction of sp³-hybridized carbons (Fsp3) is 0.300. The molecule has 1 aliphatic heterocycles. The van der Waals surface area contributed by atoms with Gasteiger partial charge in [-0.2, -0.15) is 0 Å². The van der Waals surface area contributed by atoms with Gasteiger partial charge in [-0.25, -0.2) is 4.39 Å². The Morgan fingerprint density at radius 3 is 2.77 bits per heavy atom. The summed E-state index contributed by atoms with van der Waals surface area (Å²) in [5, 5.41) is 5.28. The summed E-state index contributed by atoms with van der Waals surface area (Å²) in [5.41, 5.74) is 2.85. The third kappa shape index (κ3) is 3.85. The van der Waals surface area contributed by atoms with Gasteiger partial charge in [0.05, 0.1) is 5.69 Å². The zero-order valence-corrected chi connectivity index (χ0v) is 14.9. The predicted molar refractivity (Wildman–Crippen MR) is 100.0 cm³/mol. The van der Waals surface area contributed by atoms with Crippen LogP contribution in [0.5, 0.6) is 0 Å². The van der Waals surface area contributed by atoms with Gasteiger partial charge in [-0.1, -0.05) is 18.2 Å². The molecule has 1 unspecified atom stereocenters. The first-order valence-corrected chi connectivity index (χ1v) is 8.65. The zero-order valence-electron chi connectivity index (χ0n) is 14.9. The summed E-state index contributed by atoms with van der Waals surface area (Å²) < 4.78 is 13.7. The van der Waals surface area contributed by atoms with Crippen molar-refractivity contribution < 1.29 is 14.0 Å². The average molecular weight is 355 g/mol. The number of amides is 2. The highest BCUT2D eigenvalue weighted by molar-refractivity contribution is 5.96. The van der Waals surface area contributed by atoms with Crippen LogP contribution in [-0.2, 0) is 11.2 Å². The van der Waals surface area contributed by atoms with Crippen LogP contribution in [0.3, 0.4) is 0 Å². The smallest absolute Gasteiger partial charge is 0.251 e. The molecule has 0 saturated carbocycles. The third-order valence-corrected chi connectivity index (χ3v) is 4.55. The molecule has 2 aromatic rings. The van der Waals surface area contributed by atoms with Crippen LogP contribution in [0, 0.1) is 5.82 Å². The van der Waals surface area contributed by atoms with E-state index >= 15 is 0 Å². The number of fused-ring (bicyclic) bond motifs is 1. The number of halogens is 1. The molecule has 2 aromatic carbocycles. The first kappa shape index (κ1) is 17.9. The van der Waals surface area contributed by atoms with E-state index in [4.69, 9.17) is 0 Å². The molecule has 26 heavy (non-hydrogen) atoms. The molecular weight excluding hydrogens is 333 g/mol. The molecule has 3 rings (SSSR count). The van der Waals surface area contributed by atoms with Gasteiger partial charge in [0.15, 0.2) is 0 Å². The van der Waals surface area contributed by atoms with E-state index in [1.807, 2.05) is 12.1 Å². The number of carbonyl (C=O) groups excluding carboxylic acids is 2. The Labute approximate surface area is 152 Å². The molecule has 2 N–H and O–H groups in total. The van der Waals surface area contributed by atoms with Crippen molar-refractivity contribution in [2.24, 2.45) is 0 Å². The van der Waals surface area contributed by atoms with Gasteiger partial charge in [0.2, 0.25) is 5.91 Å². The number of carbonyl (C=O) groups is 2. The number of nitrogens with zero attached hydrogens (tertiary/aromatic N) is 1. The summed E-state index contributed by atoms with van der Waals surface area (Å²) >= 11 is 0. The molecule has 1 atom stereocenters. The Morgan fingerprint density at radius 1 is 1.23 bits per heavy atom. The number of nitrogens with one attached hydrogen (secondary N) is 2. The fourth-order valence-corrected chi connectivity index (χ4v) is 3.23. The molecule has 0 fully saturated rings. The van der Waals surface area contributed by atoms with Gasteiger partial charge in [0.1, 0.15) is 5.82 Å². The topological polar surface area (TPSA) is 61.4 Å². The van der Waals surface area contributed by atoms with Gasteiger partial charge in [-0.05, 0) is 43.2 Å². The van der Waals surface area contributed by atoms with E-state index < -0.39 is 5.82 Å². The maximum absolute atomic E-state index is 13.7. The highest BCUT2D eigenvalue weighted by Gasteiger charge is 2.23. The van der Waals surface area contributed by atoms with Crippen molar-refractivity contribution in [3.63, 3.8) is 0 Å². The van der Waals surface area contributed by atoms with Gasteiger partial charge in [0, 0.05) is 37.3 Å². The summed E-state index contributed by atoms with van der Waals surface area (Å²) in [6.07, 6.45) is 1.01. The van der Waals surface area contributed by atoms with Crippen LogP contribution in [0.2, 0.25) is 0 Å². The Kier molecular flexibility index (Phi) is 5.21. The zero-order chi connectivity index (χ0) is 18.7. The highest BCUT2D eigenvalue weighted by atomic mass is 19.1. The molecule has 5 nitrogen and oxygen atoms in total. The summed E-state index contributed by atoms with van der Waals surface area (Å²) in [6, 6.07) is 12.4. The third-order valence-electron chi connectivity index (χ3n) is 4.55. The molecule has 0 aliphatic carbocycles. The summed E-state index contributed by atoms with van der Waals surface area (Å²) in [7, 11) is 0. The lowest BCUT2D eigenvalue weighted by atomic mass is 10.1. The summed E-state index contributed by atoms with van der Waals surface area (Å²) in [5.74, 6) is -1.25. The van der Waals surface area contributed by atoms with E-state index in [2.05, 4.69) is 34.6 Å². The SMILES string of the molecule is CC(=O)Nc1cc(C(=O)NCC(C)N2CCc3ccccc32)ccc1F. The molecule has 6 heteroatoms. The second-order valence-electron chi connectivity index (χ2n) is 6.51. The van der Waals surface area contributed by atoms with Crippen molar-refractivity contribution in [1.29, 1.82) is 0 Å². The Hall–Kier alpha value is -2.89. The quantitative estimate of drug-likeness (QED) is 0.867. The second-order valence-corrected chi connectivity index (χ2v) is 6.51. The Bertz CT molecular complexity index is 838. The number of hydrogen-bond donors (Lipinski definition) is 2. The van der Waals surface area contributed by atoms with E-state index in [0.29, 0.717) is 12.1 Å². The van der Waals surface area contributed by atoms with Crippen molar-refractivity contribution in [1.82, 2.24) is 5.32 Å². The van der Waals surface area contributed by atoms with Gasteiger partial charge >= 0.3 is 0 Å². The maximum atomic E-state index is 13.7. The molecule has 0 radical (unpaired) electrons. The van der Waals surface area contributed by atoms with Crippen molar-refractivity contribution >= 4 is 23.2 Å². The summed E-state index contributed by atoms with van der Waals surface area (Å²) in [6.45, 7) is 4.76. The first-order chi connectivity index (χ1) is 12.5. The second kappa shape index (κ2) is 7.56. The first-order valence-electron chi connectivity index (χ1n) is 8.65. The van der Waals surface area contributed by atoms with Crippen LogP contribution in [0.25, 0.3) is 0 Å². The number of anilines is 2. The van der Waals surface area contributed by atoms with Crippen LogP contribution < -0.4 is 15.5 Å². The number of hydrogen-bond acceptors (Lipinski definition) is 3. The molecule has 136 valence electrons. The molecule has 2 amide bonds. The van der Waals surface area contributed by atoms with E-state index in [9.17, 15) is 14.0 Å². The van der Waals surface area contributed by atoms with Gasteiger partial charge in [-0.3, -0.25) is 9.59 Å². The van der Waals surface area contributed by atoms with Crippen LogP contribution in [0.1, 0.15) is 29.8 Å². The van der Waals surface area contributed by atoms with Crippen molar-refractivity contribution in [3.05, 3.63) is 59.4 Å². The average Bonchev–Trinajstić information content (AvgIpc) is 3.05. The summed E-state index contributed by atoms with van der Waals surface area (Å²) in [4.78, 5) is 25.8. The lowest BCUT2D eigenvalue weighted by Gasteiger charge is -2.27. The van der Waals surface area contributed by atoms with E-state index in [-0.39, 0.29) is 23.5 Å². The van der Waals surface area contributed by atoms with Crippen molar-refractivity contribution in [2.45, 2.75) is 26.3 Å². The van der Waals surface area contributed by atoms with Crippen molar-refractivity contribution in [2.75, 3.05) is 23.3 Å². The number of para-hydroxylation sites is 1. The van der Waals surface area contributed by atoms with Gasteiger partial charge in [0.25, 0.3) is 5.91 Å². The Morgan fingerprint density at radius 2 is 2.00 bits per heavy atom. The molecule has 0 aromatic heterocycles. The van der Waals surface area contributed by atoms with Gasteiger partial charge in [-0.15, -0.1) is 0 Å². The number of rotatable bonds is 5. The monoisotopic (exact) mass is 355 g/mol. The Balaban J connectivity index is 1.63. The highest BCUT2D eigenvalue weighted by Crippen LogP contribution is 2.28. The lowest BCUT2D eigenvalue weighted by Crippen LogP contribution is -2.41. The maximum Gasteiger partial charge on any atom is 0.251 e. The number of benzene rings is 2. The molecule has 0 bridgehead atoms.